The standard InChI is InChI=1S/C41H39FN6O9/c1-41(2,3)57-40(53)47(17-18-55-19-20-56-26-9-11-29-30(21-26)39(52)48(38(29)51)32-13-16-35(49)45-37(32)50)34-15-12-28(36(42)44-34)24-5-7-25(8-6-24)31-23-46-22-27(54-4)10-14-33(46)43-31/h5-12,14-15,21-23,32H,13,16-20H2,1-4H3,(H,45,49,50). The van der Waals surface area contributed by atoms with E-state index in [0.29, 0.717) is 17.1 Å². The molecule has 5 aromatic rings. The van der Waals surface area contributed by atoms with Crippen LogP contribution < -0.4 is 19.7 Å². The predicted molar refractivity (Wildman–Crippen MR) is 203 cm³/mol. The van der Waals surface area contributed by atoms with Gasteiger partial charge in [-0.2, -0.15) is 4.39 Å². The number of pyridine rings is 2. The monoisotopic (exact) mass is 778 g/mol. The average Bonchev–Trinajstić information content (AvgIpc) is 3.71. The summed E-state index contributed by atoms with van der Waals surface area (Å²) in [7, 11) is 1.60. The van der Waals surface area contributed by atoms with Crippen molar-refractivity contribution in [2.24, 2.45) is 0 Å². The smallest absolute Gasteiger partial charge is 0.416 e. The van der Waals surface area contributed by atoms with Gasteiger partial charge in [-0.15, -0.1) is 0 Å². The van der Waals surface area contributed by atoms with Crippen molar-refractivity contribution < 1.29 is 47.3 Å². The number of fused-ring (bicyclic) bond motifs is 2. The Morgan fingerprint density at radius 3 is 2.30 bits per heavy atom. The molecule has 0 spiro atoms. The van der Waals surface area contributed by atoms with E-state index >= 15 is 4.39 Å². The first-order valence-corrected chi connectivity index (χ1v) is 18.2. The summed E-state index contributed by atoms with van der Waals surface area (Å²) in [6.45, 7) is 5.28. The van der Waals surface area contributed by atoms with Crippen LogP contribution in [0.4, 0.5) is 15.0 Å². The number of carbonyl (C=O) groups excluding carboxylic acids is 5. The Bertz CT molecular complexity index is 2390. The minimum atomic E-state index is -1.07. The van der Waals surface area contributed by atoms with E-state index in [1.807, 2.05) is 41.1 Å². The third-order valence-corrected chi connectivity index (χ3v) is 9.24. The Kier molecular flexibility index (Phi) is 10.7. The van der Waals surface area contributed by atoms with Crippen LogP contribution in [0.2, 0.25) is 0 Å². The highest BCUT2D eigenvalue weighted by atomic mass is 19.1. The number of benzene rings is 2. The summed E-state index contributed by atoms with van der Waals surface area (Å²) in [6, 6.07) is 17.3. The van der Waals surface area contributed by atoms with Gasteiger partial charge in [0.2, 0.25) is 17.8 Å². The van der Waals surface area contributed by atoms with Gasteiger partial charge in [-0.25, -0.2) is 14.8 Å². The Balaban J connectivity index is 0.961. The number of carbonyl (C=O) groups is 5. The van der Waals surface area contributed by atoms with Crippen LogP contribution in [0.5, 0.6) is 11.5 Å². The van der Waals surface area contributed by atoms with E-state index in [1.54, 1.807) is 46.1 Å². The number of nitrogens with one attached hydrogen (secondary N) is 1. The molecule has 294 valence electrons. The fourth-order valence-electron chi connectivity index (χ4n) is 6.47. The first kappa shape index (κ1) is 38.6. The number of aromatic nitrogens is 3. The summed E-state index contributed by atoms with van der Waals surface area (Å²) in [5.74, 6) is -2.16. The molecule has 0 aliphatic carbocycles. The van der Waals surface area contributed by atoms with Crippen molar-refractivity contribution in [1.29, 1.82) is 0 Å². The molecule has 1 atom stereocenters. The van der Waals surface area contributed by atoms with E-state index in [9.17, 15) is 24.0 Å². The van der Waals surface area contributed by atoms with Gasteiger partial charge in [0, 0.05) is 23.7 Å². The molecule has 1 saturated heterocycles. The van der Waals surface area contributed by atoms with Gasteiger partial charge in [-0.05, 0) is 75.2 Å². The largest absolute Gasteiger partial charge is 0.495 e. The highest BCUT2D eigenvalue weighted by Crippen LogP contribution is 2.31. The van der Waals surface area contributed by atoms with Crippen molar-refractivity contribution in [1.82, 2.24) is 24.6 Å². The molecule has 2 aromatic carbocycles. The molecule has 0 saturated carbocycles. The zero-order valence-corrected chi connectivity index (χ0v) is 31.6. The highest BCUT2D eigenvalue weighted by molar-refractivity contribution is 6.23. The van der Waals surface area contributed by atoms with Crippen LogP contribution in [0.25, 0.3) is 28.0 Å². The molecule has 7 rings (SSSR count). The number of amides is 5. The van der Waals surface area contributed by atoms with Crippen molar-refractivity contribution in [3.8, 4) is 33.9 Å². The number of anilines is 1. The molecule has 16 heteroatoms. The molecule has 5 amide bonds. The van der Waals surface area contributed by atoms with Crippen LogP contribution in [0.15, 0.2) is 79.1 Å². The van der Waals surface area contributed by atoms with Crippen molar-refractivity contribution in [3.05, 3.63) is 96.2 Å². The molecule has 1 N–H and O–H groups in total. The van der Waals surface area contributed by atoms with Gasteiger partial charge in [-0.1, -0.05) is 24.3 Å². The molecular formula is C41H39FN6O9. The summed E-state index contributed by atoms with van der Waals surface area (Å²) in [4.78, 5) is 74.1. The third-order valence-electron chi connectivity index (χ3n) is 9.24. The van der Waals surface area contributed by atoms with Crippen LogP contribution >= 0.6 is 0 Å². The van der Waals surface area contributed by atoms with Gasteiger partial charge in [0.1, 0.15) is 41.2 Å². The molecule has 0 radical (unpaired) electrons. The van der Waals surface area contributed by atoms with Crippen LogP contribution in [-0.4, -0.2) is 94.1 Å². The molecule has 0 bridgehead atoms. The van der Waals surface area contributed by atoms with Gasteiger partial charge < -0.3 is 23.3 Å². The summed E-state index contributed by atoms with van der Waals surface area (Å²) in [6.07, 6.45) is 3.05. The molecule has 2 aliphatic heterocycles. The maximum absolute atomic E-state index is 15.6. The zero-order valence-electron chi connectivity index (χ0n) is 31.6. The maximum atomic E-state index is 15.6. The second-order valence-electron chi connectivity index (χ2n) is 14.3. The van der Waals surface area contributed by atoms with Crippen molar-refractivity contribution in [2.45, 2.75) is 45.3 Å². The van der Waals surface area contributed by atoms with E-state index in [4.69, 9.17) is 18.9 Å². The third kappa shape index (κ3) is 8.30. The lowest BCUT2D eigenvalue weighted by molar-refractivity contribution is -0.136. The molecule has 15 nitrogen and oxygen atoms in total. The van der Waals surface area contributed by atoms with Crippen LogP contribution in [0.1, 0.15) is 54.3 Å². The SMILES string of the molecule is COc1ccc2nc(-c3ccc(-c4ccc(N(CCOCCOc5ccc6c(c5)C(=O)N(C5CCC(=O)NC5=O)C6=O)C(=O)OC(C)(C)C)nc4F)cc3)cn2c1. The molecule has 3 aromatic heterocycles. The number of hydrogen-bond acceptors (Lipinski definition) is 11. The number of methoxy groups -OCH3 is 1. The van der Waals surface area contributed by atoms with Crippen molar-refractivity contribution in [2.75, 3.05) is 38.4 Å². The predicted octanol–water partition coefficient (Wildman–Crippen LogP) is 5.45. The lowest BCUT2D eigenvalue weighted by atomic mass is 10.0. The normalized spacial score (nSPS) is 15.5. The van der Waals surface area contributed by atoms with Gasteiger partial charge in [0.25, 0.3) is 11.8 Å². The first-order valence-electron chi connectivity index (χ1n) is 18.2. The van der Waals surface area contributed by atoms with E-state index in [2.05, 4.69) is 15.3 Å². The Morgan fingerprint density at radius 2 is 1.58 bits per heavy atom. The highest BCUT2D eigenvalue weighted by Gasteiger charge is 2.44. The second-order valence-corrected chi connectivity index (χ2v) is 14.3. The number of imide groups is 2. The lowest BCUT2D eigenvalue weighted by Crippen LogP contribution is -2.54. The number of ether oxygens (including phenoxy) is 4. The molecule has 1 unspecified atom stereocenters. The maximum Gasteiger partial charge on any atom is 0.416 e. The molecular weight excluding hydrogens is 739 g/mol. The van der Waals surface area contributed by atoms with E-state index in [0.717, 1.165) is 21.8 Å². The van der Waals surface area contributed by atoms with Gasteiger partial charge in [-0.3, -0.25) is 34.3 Å². The topological polar surface area (TPSA) is 171 Å². The Labute approximate surface area is 326 Å². The minimum Gasteiger partial charge on any atom is -0.495 e. The first-order chi connectivity index (χ1) is 27.3. The molecule has 1 fully saturated rings. The summed E-state index contributed by atoms with van der Waals surface area (Å²) >= 11 is 0. The fraction of sp³-hybridized carbons (Fsp3) is 0.293. The number of imidazole rings is 1. The van der Waals surface area contributed by atoms with Crippen LogP contribution in [0, 0.1) is 5.95 Å². The number of nitrogens with zero attached hydrogens (tertiary/aromatic N) is 5. The zero-order chi connectivity index (χ0) is 40.4. The number of halogens is 1. The molecule has 5 heterocycles. The second kappa shape index (κ2) is 15.8. The van der Waals surface area contributed by atoms with E-state index in [1.165, 1.54) is 29.2 Å². The Morgan fingerprint density at radius 1 is 0.860 bits per heavy atom. The van der Waals surface area contributed by atoms with Crippen LogP contribution in [-0.2, 0) is 19.1 Å². The fourth-order valence-corrected chi connectivity index (χ4v) is 6.47. The summed E-state index contributed by atoms with van der Waals surface area (Å²) < 4.78 is 39.8. The van der Waals surface area contributed by atoms with E-state index in [-0.39, 0.29) is 61.7 Å². The average molecular weight is 779 g/mol. The molecule has 2 aliphatic rings. The van der Waals surface area contributed by atoms with Crippen LogP contribution in [0.3, 0.4) is 0 Å². The number of hydrogen-bond donors (Lipinski definition) is 1. The quantitative estimate of drug-likeness (QED) is 0.0971. The van der Waals surface area contributed by atoms with Gasteiger partial charge in [0.05, 0.1) is 49.9 Å². The summed E-state index contributed by atoms with van der Waals surface area (Å²) in [5.41, 5.74) is 2.54. The molecule has 57 heavy (non-hydrogen) atoms. The van der Waals surface area contributed by atoms with E-state index < -0.39 is 47.3 Å². The number of piperidine rings is 1. The van der Waals surface area contributed by atoms with Gasteiger partial charge in [0.15, 0.2) is 0 Å². The van der Waals surface area contributed by atoms with Gasteiger partial charge >= 0.3 is 6.09 Å². The summed E-state index contributed by atoms with van der Waals surface area (Å²) in [5, 5.41) is 2.17. The van der Waals surface area contributed by atoms with Crippen molar-refractivity contribution in [3.63, 3.8) is 0 Å². The Hall–Kier alpha value is -6.68. The van der Waals surface area contributed by atoms with Crippen molar-refractivity contribution >= 4 is 41.2 Å². The minimum absolute atomic E-state index is 0.0169. The lowest BCUT2D eigenvalue weighted by Gasteiger charge is -2.27. The number of rotatable bonds is 12.